The molecule has 6 heteroatoms. The second kappa shape index (κ2) is 7.35. The average Bonchev–Trinajstić information content (AvgIpc) is 2.92. The van der Waals surface area contributed by atoms with Crippen LogP contribution >= 0.6 is 0 Å². The number of hydrogen-bond acceptors (Lipinski definition) is 5. The van der Waals surface area contributed by atoms with E-state index in [0.29, 0.717) is 36.0 Å². The van der Waals surface area contributed by atoms with Crippen molar-refractivity contribution in [1.82, 2.24) is 0 Å². The number of rotatable bonds is 4. The molecule has 33 heavy (non-hydrogen) atoms. The number of Topliss-reactive ketones (excluding diaryl/α,β-unsaturated/α-hetero) is 2. The molecular weight excluding hydrogens is 420 g/mol. The molecule has 4 aliphatic carbocycles. The fourth-order valence-electron chi connectivity index (χ4n) is 8.26. The summed E-state index contributed by atoms with van der Waals surface area (Å²) < 4.78 is 0. The Labute approximate surface area is 196 Å². The van der Waals surface area contributed by atoms with Crippen LogP contribution in [0.15, 0.2) is 23.3 Å². The normalized spacial score (nSPS) is 44.2. The molecule has 2 saturated carbocycles. The third-order valence-corrected chi connectivity index (χ3v) is 10.5. The number of allylic oxidation sites excluding steroid dienone is 2. The van der Waals surface area contributed by atoms with Gasteiger partial charge in [-0.3, -0.25) is 14.4 Å². The molecular formula is C27H38O6. The Kier molecular flexibility index (Phi) is 5.42. The minimum Gasteiger partial charge on any atom is -0.481 e. The zero-order valence-electron chi connectivity index (χ0n) is 20.5. The van der Waals surface area contributed by atoms with Crippen molar-refractivity contribution in [3.05, 3.63) is 23.3 Å². The maximum Gasteiger partial charge on any atom is 0.303 e. The summed E-state index contributed by atoms with van der Waals surface area (Å²) in [5.74, 6) is -1.30. The zero-order valence-corrected chi connectivity index (χ0v) is 20.5. The zero-order chi connectivity index (χ0) is 24.7. The van der Waals surface area contributed by atoms with Gasteiger partial charge in [0.05, 0.1) is 17.6 Å². The summed E-state index contributed by atoms with van der Waals surface area (Å²) in [6.07, 6.45) is 0.828. The van der Waals surface area contributed by atoms with Crippen molar-refractivity contribution in [1.29, 1.82) is 0 Å². The lowest BCUT2D eigenvalue weighted by atomic mass is 9.42. The Hall–Kier alpha value is -1.79. The van der Waals surface area contributed by atoms with Gasteiger partial charge >= 0.3 is 5.97 Å². The van der Waals surface area contributed by atoms with Gasteiger partial charge in [-0.2, -0.15) is 0 Å². The van der Waals surface area contributed by atoms with E-state index >= 15 is 0 Å². The number of aliphatic hydroxyl groups is 2. The number of hydrogen-bond donors (Lipinski definition) is 3. The topological polar surface area (TPSA) is 112 Å². The van der Waals surface area contributed by atoms with Gasteiger partial charge in [0, 0.05) is 24.8 Å². The number of carboxylic acids is 1. The average molecular weight is 459 g/mol. The van der Waals surface area contributed by atoms with Gasteiger partial charge < -0.3 is 15.3 Å². The molecule has 0 heterocycles. The molecule has 0 amide bonds. The number of fused-ring (bicyclic) bond motifs is 4. The van der Waals surface area contributed by atoms with Crippen molar-refractivity contribution in [3.8, 4) is 0 Å². The molecule has 0 spiro atoms. The van der Waals surface area contributed by atoms with Crippen LogP contribution in [0, 0.1) is 33.5 Å². The van der Waals surface area contributed by atoms with E-state index in [-0.39, 0.29) is 49.1 Å². The van der Waals surface area contributed by atoms with Crippen LogP contribution in [-0.2, 0) is 14.4 Å². The highest BCUT2D eigenvalue weighted by atomic mass is 16.4. The number of ketones is 2. The van der Waals surface area contributed by atoms with E-state index in [1.807, 2.05) is 27.7 Å². The summed E-state index contributed by atoms with van der Waals surface area (Å²) in [4.78, 5) is 38.7. The van der Waals surface area contributed by atoms with Gasteiger partial charge in [0.15, 0.2) is 5.78 Å². The van der Waals surface area contributed by atoms with Crippen LogP contribution in [0.1, 0.15) is 79.6 Å². The highest BCUT2D eigenvalue weighted by molar-refractivity contribution is 6.05. The first kappa shape index (κ1) is 24.3. The number of carbonyl (C=O) groups is 3. The van der Waals surface area contributed by atoms with E-state index in [0.717, 1.165) is 0 Å². The van der Waals surface area contributed by atoms with Gasteiger partial charge in [-0.25, -0.2) is 0 Å². The molecule has 4 rings (SSSR count). The standard InChI is InChI=1S/C27H38O6/c1-14(7-8-21(32)33)15-11-20(31)27(6)23-16(28)12-18-24(2,3)19(30)9-10-25(18,4)22(23)17(29)13-26(15,27)5/h15-16,18-19,28,30H,1,7-13H2,2-6H3,(H,32,33). The smallest absolute Gasteiger partial charge is 0.303 e. The SMILES string of the molecule is C=C(CCC(=O)O)C1CC(=O)C2(C)C3=C(C(=O)CC12C)C1(C)CCC(O)C(C)(C)C1CC3O. The van der Waals surface area contributed by atoms with Crippen LogP contribution in [-0.4, -0.2) is 45.1 Å². The highest BCUT2D eigenvalue weighted by Gasteiger charge is 2.69. The minimum atomic E-state index is -0.999. The Morgan fingerprint density at radius 2 is 1.73 bits per heavy atom. The van der Waals surface area contributed by atoms with E-state index < -0.39 is 39.8 Å². The second-order valence-electron chi connectivity index (χ2n) is 12.3. The van der Waals surface area contributed by atoms with Crippen LogP contribution in [0.5, 0.6) is 0 Å². The van der Waals surface area contributed by atoms with Crippen molar-refractivity contribution >= 4 is 17.5 Å². The first-order valence-corrected chi connectivity index (χ1v) is 12.2. The van der Waals surface area contributed by atoms with E-state index in [1.54, 1.807) is 0 Å². The Balaban J connectivity index is 1.86. The van der Waals surface area contributed by atoms with Gasteiger partial charge in [0.1, 0.15) is 5.78 Å². The summed E-state index contributed by atoms with van der Waals surface area (Å²) >= 11 is 0. The third kappa shape index (κ3) is 3.02. The molecule has 0 aromatic carbocycles. The maximum absolute atomic E-state index is 13.9. The molecule has 0 saturated heterocycles. The summed E-state index contributed by atoms with van der Waals surface area (Å²) in [5, 5.41) is 31.3. The Morgan fingerprint density at radius 1 is 1.09 bits per heavy atom. The Morgan fingerprint density at radius 3 is 2.33 bits per heavy atom. The first-order chi connectivity index (χ1) is 15.1. The number of carboxylic acid groups (broad SMARTS) is 1. The minimum absolute atomic E-state index is 0.00248. The predicted molar refractivity (Wildman–Crippen MR) is 123 cm³/mol. The molecule has 3 N–H and O–H groups in total. The summed E-state index contributed by atoms with van der Waals surface area (Å²) in [6.45, 7) is 14.1. The van der Waals surface area contributed by atoms with Gasteiger partial charge in [-0.05, 0) is 66.3 Å². The monoisotopic (exact) mass is 458 g/mol. The molecule has 0 aliphatic heterocycles. The van der Waals surface area contributed by atoms with Crippen LogP contribution in [0.3, 0.4) is 0 Å². The molecule has 0 bridgehead atoms. The van der Waals surface area contributed by atoms with E-state index in [1.165, 1.54) is 0 Å². The quantitative estimate of drug-likeness (QED) is 0.552. The third-order valence-electron chi connectivity index (χ3n) is 10.5. The maximum atomic E-state index is 13.9. The molecule has 2 fully saturated rings. The van der Waals surface area contributed by atoms with Crippen LogP contribution < -0.4 is 0 Å². The molecule has 6 nitrogen and oxygen atoms in total. The van der Waals surface area contributed by atoms with E-state index in [9.17, 15) is 24.6 Å². The predicted octanol–water partition coefficient (Wildman–Crippen LogP) is 3.85. The summed E-state index contributed by atoms with van der Waals surface area (Å²) in [5.41, 5.74) is -0.796. The number of carbonyl (C=O) groups excluding carboxylic acids is 2. The Bertz CT molecular complexity index is 975. The van der Waals surface area contributed by atoms with Gasteiger partial charge in [-0.15, -0.1) is 0 Å². The molecule has 0 radical (unpaired) electrons. The molecule has 4 aliphatic rings. The van der Waals surface area contributed by atoms with Crippen LogP contribution in [0.2, 0.25) is 0 Å². The van der Waals surface area contributed by atoms with E-state index in [4.69, 9.17) is 5.11 Å². The van der Waals surface area contributed by atoms with E-state index in [2.05, 4.69) is 13.5 Å². The number of aliphatic hydroxyl groups excluding tert-OH is 2. The second-order valence-corrected chi connectivity index (χ2v) is 12.3. The first-order valence-electron chi connectivity index (χ1n) is 12.2. The van der Waals surface area contributed by atoms with Crippen molar-refractivity contribution in [2.24, 2.45) is 33.5 Å². The van der Waals surface area contributed by atoms with Crippen molar-refractivity contribution in [2.75, 3.05) is 0 Å². The molecule has 7 unspecified atom stereocenters. The fourth-order valence-corrected chi connectivity index (χ4v) is 8.26. The van der Waals surface area contributed by atoms with Gasteiger partial charge in [-0.1, -0.05) is 39.8 Å². The van der Waals surface area contributed by atoms with Crippen molar-refractivity contribution in [3.63, 3.8) is 0 Å². The lowest BCUT2D eigenvalue weighted by molar-refractivity contribution is -0.141. The van der Waals surface area contributed by atoms with Crippen molar-refractivity contribution in [2.45, 2.75) is 91.8 Å². The molecule has 7 atom stereocenters. The lowest BCUT2D eigenvalue weighted by Crippen LogP contribution is -2.60. The molecule has 0 aromatic rings. The van der Waals surface area contributed by atoms with Crippen molar-refractivity contribution < 1.29 is 29.7 Å². The molecule has 182 valence electrons. The van der Waals surface area contributed by atoms with Crippen LogP contribution in [0.25, 0.3) is 0 Å². The summed E-state index contributed by atoms with van der Waals surface area (Å²) in [6, 6.07) is 0. The lowest BCUT2D eigenvalue weighted by Gasteiger charge is -2.61. The highest BCUT2D eigenvalue weighted by Crippen LogP contribution is 2.70. The van der Waals surface area contributed by atoms with Crippen LogP contribution in [0.4, 0.5) is 0 Å². The fraction of sp³-hybridized carbons (Fsp3) is 0.741. The largest absolute Gasteiger partial charge is 0.481 e. The molecule has 0 aromatic heterocycles. The number of aliphatic carboxylic acids is 1. The summed E-state index contributed by atoms with van der Waals surface area (Å²) in [7, 11) is 0. The van der Waals surface area contributed by atoms with Gasteiger partial charge in [0.2, 0.25) is 0 Å². The van der Waals surface area contributed by atoms with Gasteiger partial charge in [0.25, 0.3) is 0 Å².